The molecule has 1 aromatic carbocycles. The van der Waals surface area contributed by atoms with Gasteiger partial charge < -0.3 is 10.6 Å². The minimum absolute atomic E-state index is 0.0568. The first-order valence-electron chi connectivity index (χ1n) is 6.27. The van der Waals surface area contributed by atoms with Gasteiger partial charge in [0.1, 0.15) is 11.6 Å². The fraction of sp³-hybridized carbons (Fsp3) is 0.214. The van der Waals surface area contributed by atoms with Crippen LogP contribution in [0.4, 0.5) is 23.0 Å². The van der Waals surface area contributed by atoms with E-state index in [-0.39, 0.29) is 11.5 Å². The Bertz CT molecular complexity index is 643. The van der Waals surface area contributed by atoms with Crippen LogP contribution >= 0.6 is 0 Å². The lowest BCUT2D eigenvalue weighted by atomic mass is 10.2. The number of nitrogens with two attached hydrogens (primary N) is 1. The molecule has 0 unspecified atom stereocenters. The van der Waals surface area contributed by atoms with Crippen LogP contribution in [-0.2, 0) is 0 Å². The van der Waals surface area contributed by atoms with Crippen molar-refractivity contribution in [3.8, 4) is 0 Å². The van der Waals surface area contributed by atoms with Gasteiger partial charge in [-0.05, 0) is 31.5 Å². The van der Waals surface area contributed by atoms with Gasteiger partial charge in [0.2, 0.25) is 0 Å². The maximum absolute atomic E-state index is 10.9. The summed E-state index contributed by atoms with van der Waals surface area (Å²) in [7, 11) is 0. The topological polar surface area (TPSA) is 85.3 Å². The summed E-state index contributed by atoms with van der Waals surface area (Å²) in [4.78, 5) is 16.5. The van der Waals surface area contributed by atoms with Gasteiger partial charge in [-0.15, -0.1) is 0 Å². The van der Waals surface area contributed by atoms with Crippen LogP contribution in [0, 0.1) is 17.0 Å². The Morgan fingerprint density at radius 2 is 2.10 bits per heavy atom. The third-order valence-electron chi connectivity index (χ3n) is 2.93. The zero-order chi connectivity index (χ0) is 14.7. The summed E-state index contributed by atoms with van der Waals surface area (Å²) in [5.74, 6) is 0.616. The number of pyridine rings is 1. The molecule has 104 valence electrons. The third-order valence-corrected chi connectivity index (χ3v) is 2.93. The van der Waals surface area contributed by atoms with Gasteiger partial charge in [0.05, 0.1) is 17.1 Å². The highest BCUT2D eigenvalue weighted by molar-refractivity contribution is 5.64. The Labute approximate surface area is 117 Å². The van der Waals surface area contributed by atoms with E-state index >= 15 is 0 Å². The molecule has 0 aliphatic heterocycles. The van der Waals surface area contributed by atoms with Crippen LogP contribution in [-0.4, -0.2) is 16.5 Å². The molecule has 0 atom stereocenters. The van der Waals surface area contributed by atoms with Crippen molar-refractivity contribution in [2.75, 3.05) is 17.2 Å². The standard InChI is InChI=1S/C14H16N4O2/c1-3-17(11-6-4-5-10(2)7-11)14-9-12(18(19)20)8-13(15)16-14/h4-9H,3H2,1-2H3,(H2,15,16). The van der Waals surface area contributed by atoms with Gasteiger partial charge in [0.15, 0.2) is 0 Å². The Kier molecular flexibility index (Phi) is 3.84. The molecule has 0 fully saturated rings. The summed E-state index contributed by atoms with van der Waals surface area (Å²) in [6.07, 6.45) is 0. The molecule has 0 saturated heterocycles. The molecule has 6 nitrogen and oxygen atoms in total. The summed E-state index contributed by atoms with van der Waals surface area (Å²) in [6, 6.07) is 10.6. The summed E-state index contributed by atoms with van der Waals surface area (Å²) >= 11 is 0. The van der Waals surface area contributed by atoms with E-state index in [1.807, 2.05) is 43.0 Å². The van der Waals surface area contributed by atoms with E-state index in [2.05, 4.69) is 4.98 Å². The average Bonchev–Trinajstić information content (AvgIpc) is 2.39. The van der Waals surface area contributed by atoms with Gasteiger partial charge in [0.25, 0.3) is 5.69 Å². The summed E-state index contributed by atoms with van der Waals surface area (Å²) < 4.78 is 0. The predicted molar refractivity (Wildman–Crippen MR) is 79.2 cm³/mol. The monoisotopic (exact) mass is 272 g/mol. The second-order valence-electron chi connectivity index (χ2n) is 4.45. The number of aryl methyl sites for hydroxylation is 1. The van der Waals surface area contributed by atoms with Crippen molar-refractivity contribution in [2.45, 2.75) is 13.8 Å². The van der Waals surface area contributed by atoms with Crippen LogP contribution in [0.25, 0.3) is 0 Å². The highest BCUT2D eigenvalue weighted by atomic mass is 16.6. The van der Waals surface area contributed by atoms with E-state index in [0.717, 1.165) is 11.3 Å². The molecule has 20 heavy (non-hydrogen) atoms. The summed E-state index contributed by atoms with van der Waals surface area (Å²) in [5.41, 5.74) is 7.64. The van der Waals surface area contributed by atoms with E-state index in [0.29, 0.717) is 12.4 Å². The summed E-state index contributed by atoms with van der Waals surface area (Å²) in [6.45, 7) is 4.59. The largest absolute Gasteiger partial charge is 0.383 e. The molecule has 0 spiro atoms. The fourth-order valence-electron chi connectivity index (χ4n) is 2.04. The molecular weight excluding hydrogens is 256 g/mol. The zero-order valence-electron chi connectivity index (χ0n) is 11.4. The van der Waals surface area contributed by atoms with Gasteiger partial charge >= 0.3 is 0 Å². The van der Waals surface area contributed by atoms with E-state index in [4.69, 9.17) is 5.73 Å². The van der Waals surface area contributed by atoms with Gasteiger partial charge in [-0.1, -0.05) is 12.1 Å². The number of nitro groups is 1. The number of rotatable bonds is 4. The molecule has 0 bridgehead atoms. The van der Waals surface area contributed by atoms with Crippen LogP contribution in [0.5, 0.6) is 0 Å². The SMILES string of the molecule is CCN(c1cccc(C)c1)c1cc([N+](=O)[O-])cc(N)n1. The number of nitrogens with zero attached hydrogens (tertiary/aromatic N) is 3. The Morgan fingerprint density at radius 3 is 2.70 bits per heavy atom. The fourth-order valence-corrected chi connectivity index (χ4v) is 2.04. The highest BCUT2D eigenvalue weighted by Crippen LogP contribution is 2.28. The number of hydrogen-bond donors (Lipinski definition) is 1. The van der Waals surface area contributed by atoms with Crippen molar-refractivity contribution in [3.05, 3.63) is 52.1 Å². The Morgan fingerprint density at radius 1 is 1.35 bits per heavy atom. The maximum atomic E-state index is 10.9. The first kappa shape index (κ1) is 13.8. The molecule has 0 saturated carbocycles. The molecule has 0 radical (unpaired) electrons. The first-order valence-corrected chi connectivity index (χ1v) is 6.27. The first-order chi connectivity index (χ1) is 9.51. The smallest absolute Gasteiger partial charge is 0.276 e. The van der Waals surface area contributed by atoms with Crippen molar-refractivity contribution in [1.82, 2.24) is 4.98 Å². The van der Waals surface area contributed by atoms with Crippen molar-refractivity contribution in [3.63, 3.8) is 0 Å². The number of benzene rings is 1. The number of nitrogen functional groups attached to an aromatic ring is 1. The maximum Gasteiger partial charge on any atom is 0.276 e. The normalized spacial score (nSPS) is 10.3. The molecule has 2 rings (SSSR count). The number of aromatic nitrogens is 1. The van der Waals surface area contributed by atoms with Crippen molar-refractivity contribution in [1.29, 1.82) is 0 Å². The van der Waals surface area contributed by atoms with E-state index in [1.165, 1.54) is 12.1 Å². The summed E-state index contributed by atoms with van der Waals surface area (Å²) in [5, 5.41) is 10.9. The zero-order valence-corrected chi connectivity index (χ0v) is 11.4. The van der Waals surface area contributed by atoms with Crippen LogP contribution in [0.3, 0.4) is 0 Å². The van der Waals surface area contributed by atoms with Gasteiger partial charge in [-0.2, -0.15) is 0 Å². The van der Waals surface area contributed by atoms with Crippen LogP contribution in [0.1, 0.15) is 12.5 Å². The van der Waals surface area contributed by atoms with Crippen molar-refractivity contribution in [2.24, 2.45) is 0 Å². The Hall–Kier alpha value is -2.63. The molecule has 1 aromatic heterocycles. The highest BCUT2D eigenvalue weighted by Gasteiger charge is 2.15. The van der Waals surface area contributed by atoms with Crippen LogP contribution < -0.4 is 10.6 Å². The second-order valence-corrected chi connectivity index (χ2v) is 4.45. The van der Waals surface area contributed by atoms with Crippen molar-refractivity contribution >= 4 is 23.0 Å². The van der Waals surface area contributed by atoms with Gasteiger partial charge in [-0.3, -0.25) is 10.1 Å². The molecule has 0 amide bonds. The van der Waals surface area contributed by atoms with E-state index < -0.39 is 4.92 Å². The minimum atomic E-state index is -0.467. The third kappa shape index (κ3) is 2.85. The molecule has 0 aliphatic carbocycles. The molecule has 1 heterocycles. The van der Waals surface area contributed by atoms with E-state index in [9.17, 15) is 10.1 Å². The van der Waals surface area contributed by atoms with Gasteiger partial charge in [0, 0.05) is 12.2 Å². The lowest BCUT2D eigenvalue weighted by Crippen LogP contribution is -2.18. The number of hydrogen-bond acceptors (Lipinski definition) is 5. The van der Waals surface area contributed by atoms with Crippen molar-refractivity contribution < 1.29 is 4.92 Å². The Balaban J connectivity index is 2.49. The number of anilines is 3. The molecule has 2 aromatic rings. The van der Waals surface area contributed by atoms with Gasteiger partial charge in [-0.25, -0.2) is 4.98 Å². The quantitative estimate of drug-likeness (QED) is 0.683. The minimum Gasteiger partial charge on any atom is -0.383 e. The molecule has 0 aliphatic rings. The molecule has 6 heteroatoms. The molecule has 2 N–H and O–H groups in total. The van der Waals surface area contributed by atoms with E-state index in [1.54, 1.807) is 0 Å². The lowest BCUT2D eigenvalue weighted by molar-refractivity contribution is -0.384. The van der Waals surface area contributed by atoms with Crippen LogP contribution in [0.15, 0.2) is 36.4 Å². The second kappa shape index (κ2) is 5.56. The average molecular weight is 272 g/mol. The lowest BCUT2D eigenvalue weighted by Gasteiger charge is -2.22. The van der Waals surface area contributed by atoms with Crippen LogP contribution in [0.2, 0.25) is 0 Å². The predicted octanol–water partition coefficient (Wildman–Crippen LogP) is 3.04. The molecular formula is C14H16N4O2.